The first kappa shape index (κ1) is 25.9. The zero-order valence-electron chi connectivity index (χ0n) is 19.0. The Kier molecular flexibility index (Phi) is 10.8. The highest BCUT2D eigenvalue weighted by atomic mass is 127. The highest BCUT2D eigenvalue weighted by molar-refractivity contribution is 14.0. The Bertz CT molecular complexity index is 892. The summed E-state index contributed by atoms with van der Waals surface area (Å²) in [7, 11) is 4.66. The van der Waals surface area contributed by atoms with E-state index in [9.17, 15) is 4.79 Å². The van der Waals surface area contributed by atoms with Crippen molar-refractivity contribution in [3.05, 3.63) is 65.2 Å². The molecule has 32 heavy (non-hydrogen) atoms. The van der Waals surface area contributed by atoms with Crippen LogP contribution < -0.4 is 15.4 Å². The lowest BCUT2D eigenvalue weighted by Gasteiger charge is -2.25. The summed E-state index contributed by atoms with van der Waals surface area (Å²) in [4.78, 5) is 18.9. The van der Waals surface area contributed by atoms with Gasteiger partial charge in [-0.05, 0) is 42.6 Å². The number of methoxy groups -OCH3 is 2. The minimum atomic E-state index is -0.416. The number of rotatable bonds is 8. The highest BCUT2D eigenvalue weighted by Crippen LogP contribution is 2.21. The van der Waals surface area contributed by atoms with E-state index in [1.165, 1.54) is 32.6 Å². The maximum atomic E-state index is 12.0. The Labute approximate surface area is 207 Å². The highest BCUT2D eigenvalue weighted by Gasteiger charge is 2.24. The lowest BCUT2D eigenvalue weighted by Crippen LogP contribution is -2.44. The summed E-state index contributed by atoms with van der Waals surface area (Å²) in [5, 5.41) is 6.77. The molecule has 2 aromatic rings. The third-order valence-electron chi connectivity index (χ3n) is 5.59. The van der Waals surface area contributed by atoms with Gasteiger partial charge in [-0.3, -0.25) is 9.89 Å². The molecule has 1 heterocycles. The quantitative estimate of drug-likeness (QED) is 0.226. The van der Waals surface area contributed by atoms with Gasteiger partial charge < -0.3 is 20.1 Å². The van der Waals surface area contributed by atoms with Gasteiger partial charge in [0.1, 0.15) is 11.3 Å². The van der Waals surface area contributed by atoms with E-state index in [0.717, 1.165) is 31.2 Å². The fourth-order valence-corrected chi connectivity index (χ4v) is 3.91. The molecule has 0 amide bonds. The Morgan fingerprint density at radius 2 is 1.91 bits per heavy atom. The molecule has 0 spiro atoms. The number of nitrogens with zero attached hydrogens (tertiary/aromatic N) is 2. The molecule has 0 aliphatic carbocycles. The van der Waals surface area contributed by atoms with Crippen LogP contribution >= 0.6 is 24.0 Å². The number of carbonyl (C=O) groups excluding carboxylic acids is 1. The van der Waals surface area contributed by atoms with Crippen molar-refractivity contribution < 1.29 is 14.3 Å². The molecule has 0 radical (unpaired) electrons. The van der Waals surface area contributed by atoms with Crippen molar-refractivity contribution in [1.29, 1.82) is 0 Å². The average molecular weight is 552 g/mol. The third kappa shape index (κ3) is 7.09. The standard InChI is InChI=1S/C24H32N4O3.HI/c1-25-24(26-15-19-11-12-22(30-2)21(14-19)23(29)31-3)27-16-20-10-7-13-28(20)17-18-8-5-4-6-9-18;/h4-6,8-9,11-12,14,20H,7,10,13,15-17H2,1-3H3,(H2,25,26,27);1H. The molecule has 1 saturated heterocycles. The first-order valence-electron chi connectivity index (χ1n) is 10.6. The van der Waals surface area contributed by atoms with Gasteiger partial charge in [-0.2, -0.15) is 0 Å². The normalized spacial score (nSPS) is 16.2. The maximum absolute atomic E-state index is 12.0. The Morgan fingerprint density at radius 1 is 1.12 bits per heavy atom. The SMILES string of the molecule is CN=C(NCc1ccc(OC)c(C(=O)OC)c1)NCC1CCCN1Cc1ccccc1.I. The van der Waals surface area contributed by atoms with Crippen LogP contribution in [0.15, 0.2) is 53.5 Å². The molecular formula is C24H33IN4O3. The van der Waals surface area contributed by atoms with E-state index in [4.69, 9.17) is 9.47 Å². The van der Waals surface area contributed by atoms with Crippen molar-refractivity contribution in [2.24, 2.45) is 4.99 Å². The van der Waals surface area contributed by atoms with Crippen LogP contribution in [0.2, 0.25) is 0 Å². The van der Waals surface area contributed by atoms with Crippen LogP contribution in [0, 0.1) is 0 Å². The van der Waals surface area contributed by atoms with Crippen molar-refractivity contribution in [3.63, 3.8) is 0 Å². The monoisotopic (exact) mass is 552 g/mol. The molecule has 0 saturated carbocycles. The molecule has 0 bridgehead atoms. The summed E-state index contributed by atoms with van der Waals surface area (Å²) in [5.41, 5.74) is 2.70. The second-order valence-electron chi connectivity index (χ2n) is 7.59. The minimum absolute atomic E-state index is 0. The Hall–Kier alpha value is -2.33. The van der Waals surface area contributed by atoms with Crippen LogP contribution in [0.1, 0.15) is 34.3 Å². The first-order chi connectivity index (χ1) is 15.1. The van der Waals surface area contributed by atoms with Gasteiger partial charge in [-0.25, -0.2) is 4.79 Å². The molecule has 2 N–H and O–H groups in total. The molecule has 1 aliphatic heterocycles. The van der Waals surface area contributed by atoms with Gasteiger partial charge in [-0.15, -0.1) is 24.0 Å². The van der Waals surface area contributed by atoms with E-state index in [1.54, 1.807) is 19.2 Å². The fraction of sp³-hybridized carbons (Fsp3) is 0.417. The summed E-state index contributed by atoms with van der Waals surface area (Å²) in [6.07, 6.45) is 2.39. The van der Waals surface area contributed by atoms with Crippen molar-refractivity contribution in [2.75, 3.05) is 34.4 Å². The predicted molar refractivity (Wildman–Crippen MR) is 138 cm³/mol. The number of nitrogens with one attached hydrogen (secondary N) is 2. The zero-order valence-corrected chi connectivity index (χ0v) is 21.3. The molecule has 7 nitrogen and oxygen atoms in total. The van der Waals surface area contributed by atoms with Gasteiger partial charge >= 0.3 is 5.97 Å². The summed E-state index contributed by atoms with van der Waals surface area (Å²) >= 11 is 0. The number of guanidine groups is 1. The first-order valence-corrected chi connectivity index (χ1v) is 10.6. The smallest absolute Gasteiger partial charge is 0.341 e. The molecule has 0 aromatic heterocycles. The molecule has 1 atom stereocenters. The number of carbonyl (C=O) groups is 1. The van der Waals surface area contributed by atoms with E-state index in [-0.39, 0.29) is 24.0 Å². The summed E-state index contributed by atoms with van der Waals surface area (Å²) < 4.78 is 10.1. The van der Waals surface area contributed by atoms with Crippen LogP contribution in [0.3, 0.4) is 0 Å². The van der Waals surface area contributed by atoms with Crippen molar-refractivity contribution in [3.8, 4) is 5.75 Å². The van der Waals surface area contributed by atoms with Crippen molar-refractivity contribution in [1.82, 2.24) is 15.5 Å². The predicted octanol–water partition coefficient (Wildman–Crippen LogP) is 3.43. The van der Waals surface area contributed by atoms with E-state index >= 15 is 0 Å². The molecule has 1 unspecified atom stereocenters. The number of likely N-dealkylation sites (tertiary alicyclic amines) is 1. The number of ether oxygens (including phenoxy) is 2. The second kappa shape index (κ2) is 13.3. The van der Waals surface area contributed by atoms with Crippen molar-refractivity contribution >= 4 is 35.9 Å². The summed E-state index contributed by atoms with van der Waals surface area (Å²) in [6, 6.07) is 16.6. The summed E-state index contributed by atoms with van der Waals surface area (Å²) in [5.74, 6) is 0.820. The van der Waals surface area contributed by atoms with Crippen LogP contribution in [0.4, 0.5) is 0 Å². The topological polar surface area (TPSA) is 75.2 Å². The van der Waals surface area contributed by atoms with Crippen molar-refractivity contribution in [2.45, 2.75) is 32.0 Å². The molecule has 1 aliphatic rings. The molecule has 8 heteroatoms. The van der Waals surface area contributed by atoms with Crippen LogP contribution in [0.25, 0.3) is 0 Å². The Balaban J connectivity index is 0.00000363. The number of esters is 1. The van der Waals surface area contributed by atoms with Gasteiger partial charge in [0.05, 0.1) is 14.2 Å². The molecule has 174 valence electrons. The molecule has 1 fully saturated rings. The van der Waals surface area contributed by atoms with Gasteiger partial charge in [0, 0.05) is 32.7 Å². The molecular weight excluding hydrogens is 519 g/mol. The minimum Gasteiger partial charge on any atom is -0.496 e. The lowest BCUT2D eigenvalue weighted by molar-refractivity contribution is 0.0597. The molecule has 3 rings (SSSR count). The van der Waals surface area contributed by atoms with E-state index < -0.39 is 5.97 Å². The largest absolute Gasteiger partial charge is 0.496 e. The number of hydrogen-bond donors (Lipinski definition) is 2. The van der Waals surface area contributed by atoms with Gasteiger partial charge in [-0.1, -0.05) is 36.4 Å². The van der Waals surface area contributed by atoms with Crippen LogP contribution in [-0.4, -0.2) is 57.2 Å². The Morgan fingerprint density at radius 3 is 2.59 bits per heavy atom. The molecule has 2 aromatic carbocycles. The van der Waals surface area contributed by atoms with Crippen LogP contribution in [-0.2, 0) is 17.8 Å². The number of aliphatic imine (C=N–C) groups is 1. The third-order valence-corrected chi connectivity index (χ3v) is 5.59. The zero-order chi connectivity index (χ0) is 22.1. The number of halogens is 1. The van der Waals surface area contributed by atoms with Gasteiger partial charge in [0.15, 0.2) is 5.96 Å². The summed E-state index contributed by atoms with van der Waals surface area (Å²) in [6.45, 7) is 3.46. The number of benzene rings is 2. The van der Waals surface area contributed by atoms with Crippen LogP contribution in [0.5, 0.6) is 5.75 Å². The fourth-order valence-electron chi connectivity index (χ4n) is 3.91. The van der Waals surface area contributed by atoms with Gasteiger partial charge in [0.2, 0.25) is 0 Å². The van der Waals surface area contributed by atoms with Gasteiger partial charge in [0.25, 0.3) is 0 Å². The van der Waals surface area contributed by atoms with E-state index in [0.29, 0.717) is 23.9 Å². The lowest BCUT2D eigenvalue weighted by atomic mass is 10.1. The van der Waals surface area contributed by atoms with E-state index in [2.05, 4.69) is 50.9 Å². The average Bonchev–Trinajstić information content (AvgIpc) is 3.26. The van der Waals surface area contributed by atoms with E-state index in [1.807, 2.05) is 6.07 Å². The maximum Gasteiger partial charge on any atom is 0.341 e. The second-order valence-corrected chi connectivity index (χ2v) is 7.59. The number of hydrogen-bond acceptors (Lipinski definition) is 5.